The number of hydrogen-bond acceptors (Lipinski definition) is 6. The highest BCUT2D eigenvalue weighted by Crippen LogP contribution is 2.47. The van der Waals surface area contributed by atoms with Gasteiger partial charge in [0.25, 0.3) is 0 Å². The minimum atomic E-state index is -0.985. The van der Waals surface area contributed by atoms with Gasteiger partial charge in [-0.15, -0.1) is 11.3 Å². The fourth-order valence-corrected chi connectivity index (χ4v) is 5.35. The van der Waals surface area contributed by atoms with Crippen LogP contribution in [0.4, 0.5) is 10.5 Å². The van der Waals surface area contributed by atoms with Gasteiger partial charge in [0, 0.05) is 42.0 Å². The first kappa shape index (κ1) is 21.1. The van der Waals surface area contributed by atoms with E-state index in [-0.39, 0.29) is 23.8 Å². The van der Waals surface area contributed by atoms with Crippen molar-refractivity contribution < 1.29 is 19.4 Å². The predicted molar refractivity (Wildman–Crippen MR) is 115 cm³/mol. The Morgan fingerprint density at radius 1 is 1.37 bits per heavy atom. The zero-order chi connectivity index (χ0) is 21.7. The van der Waals surface area contributed by atoms with E-state index in [4.69, 9.17) is 16.3 Å². The summed E-state index contributed by atoms with van der Waals surface area (Å²) in [6.45, 7) is 4.94. The van der Waals surface area contributed by atoms with Crippen molar-refractivity contribution in [2.24, 2.45) is 0 Å². The molecule has 0 bridgehead atoms. The van der Waals surface area contributed by atoms with Crippen LogP contribution in [-0.2, 0) is 27.0 Å². The van der Waals surface area contributed by atoms with Crippen molar-refractivity contribution in [3.05, 3.63) is 44.9 Å². The van der Waals surface area contributed by atoms with Crippen molar-refractivity contribution in [3.63, 3.8) is 0 Å². The van der Waals surface area contributed by atoms with Crippen LogP contribution in [0.2, 0.25) is 5.02 Å². The Morgan fingerprint density at radius 2 is 2.13 bits per heavy atom. The summed E-state index contributed by atoms with van der Waals surface area (Å²) >= 11 is 7.62. The molecule has 1 fully saturated rings. The summed E-state index contributed by atoms with van der Waals surface area (Å²) in [5.41, 5.74) is 0.480. The van der Waals surface area contributed by atoms with Gasteiger partial charge in [-0.1, -0.05) is 11.6 Å². The average molecular weight is 450 g/mol. The molecule has 0 saturated carbocycles. The van der Waals surface area contributed by atoms with Gasteiger partial charge in [-0.3, -0.25) is 4.79 Å². The van der Waals surface area contributed by atoms with E-state index >= 15 is 0 Å². The number of fused-ring (bicyclic) bond motifs is 2. The number of aromatic nitrogens is 1. The van der Waals surface area contributed by atoms with Crippen molar-refractivity contribution in [1.29, 1.82) is 0 Å². The number of carbonyl (C=O) groups is 2. The molecule has 2 aromatic rings. The summed E-state index contributed by atoms with van der Waals surface area (Å²) in [7, 11) is 1.37. The van der Waals surface area contributed by atoms with E-state index in [1.807, 2.05) is 12.1 Å². The lowest BCUT2D eigenvalue weighted by atomic mass is 9.81. The molecular formula is C21H24ClN3O4S. The normalized spacial score (nSPS) is 20.7. The van der Waals surface area contributed by atoms with Crippen LogP contribution in [0.15, 0.2) is 24.4 Å². The zero-order valence-electron chi connectivity index (χ0n) is 17.1. The fourth-order valence-electron chi connectivity index (χ4n) is 4.27. The van der Waals surface area contributed by atoms with Gasteiger partial charge in [0.1, 0.15) is 5.01 Å². The molecule has 0 aliphatic carbocycles. The number of anilines is 1. The maximum absolute atomic E-state index is 13.2. The molecule has 1 aromatic heterocycles. The highest BCUT2D eigenvalue weighted by Gasteiger charge is 2.50. The lowest BCUT2D eigenvalue weighted by Crippen LogP contribution is -2.40. The summed E-state index contributed by atoms with van der Waals surface area (Å²) in [6, 6.07) is 5.55. The molecule has 3 heterocycles. The van der Waals surface area contributed by atoms with Gasteiger partial charge in [0.15, 0.2) is 0 Å². The van der Waals surface area contributed by atoms with Gasteiger partial charge < -0.3 is 19.6 Å². The number of thiazole rings is 1. The van der Waals surface area contributed by atoms with Gasteiger partial charge in [-0.2, -0.15) is 0 Å². The van der Waals surface area contributed by atoms with E-state index in [0.717, 1.165) is 22.5 Å². The molecule has 1 spiro atoms. The number of nitrogens with zero attached hydrogens (tertiary/aromatic N) is 3. The van der Waals surface area contributed by atoms with Crippen LogP contribution in [0.1, 0.15) is 35.7 Å². The third-order valence-electron chi connectivity index (χ3n) is 5.83. The first-order chi connectivity index (χ1) is 14.1. The zero-order valence-corrected chi connectivity index (χ0v) is 18.7. The second kappa shape index (κ2) is 7.51. The van der Waals surface area contributed by atoms with E-state index in [0.29, 0.717) is 29.7 Å². The van der Waals surface area contributed by atoms with E-state index in [1.54, 1.807) is 35.9 Å². The quantitative estimate of drug-likeness (QED) is 0.777. The van der Waals surface area contributed by atoms with E-state index in [9.17, 15) is 14.7 Å². The average Bonchev–Trinajstić information content (AvgIpc) is 3.40. The minimum Gasteiger partial charge on any atom is -0.453 e. The molecule has 2 aliphatic rings. The molecule has 30 heavy (non-hydrogen) atoms. The van der Waals surface area contributed by atoms with Gasteiger partial charge in [-0.05, 0) is 44.0 Å². The Labute approximate surface area is 184 Å². The van der Waals surface area contributed by atoms with Crippen LogP contribution in [0.25, 0.3) is 0 Å². The van der Waals surface area contributed by atoms with Crippen LogP contribution in [-0.4, -0.2) is 53.7 Å². The van der Waals surface area contributed by atoms with Crippen LogP contribution < -0.4 is 4.90 Å². The van der Waals surface area contributed by atoms with Crippen LogP contribution in [0.3, 0.4) is 0 Å². The highest BCUT2D eigenvalue weighted by molar-refractivity contribution is 7.11. The van der Waals surface area contributed by atoms with Crippen LogP contribution in [0, 0.1) is 0 Å². The summed E-state index contributed by atoms with van der Waals surface area (Å²) in [5.74, 6) is -0.0661. The lowest BCUT2D eigenvalue weighted by Gasteiger charge is -2.25. The first-order valence-electron chi connectivity index (χ1n) is 9.74. The molecule has 1 atom stereocenters. The number of aliphatic hydroxyl groups is 1. The van der Waals surface area contributed by atoms with Crippen molar-refractivity contribution in [1.82, 2.24) is 9.88 Å². The molecule has 1 N–H and O–H groups in total. The molecule has 4 rings (SSSR count). The van der Waals surface area contributed by atoms with Gasteiger partial charge in [-0.25, -0.2) is 9.78 Å². The summed E-state index contributed by atoms with van der Waals surface area (Å²) < 4.78 is 4.88. The standard InChI is InChI=1S/C21H24ClN3O4S/c1-20(2,28)16-10-23-17(30-16)9-18(26)25-12-21(6-7-24(11-21)19(27)29-3)14-8-13(22)4-5-15(14)25/h4-5,8,10,28H,6-7,9,11-12H2,1-3H3. The highest BCUT2D eigenvalue weighted by atomic mass is 35.5. The van der Waals surface area contributed by atoms with Gasteiger partial charge in [0.05, 0.1) is 24.0 Å². The minimum absolute atomic E-state index is 0.0661. The Bertz CT molecular complexity index is 1000. The fraction of sp³-hybridized carbons (Fsp3) is 0.476. The number of hydrogen-bond donors (Lipinski definition) is 1. The second-order valence-corrected chi connectivity index (χ2v) is 9.97. The number of methoxy groups -OCH3 is 1. The molecule has 2 aliphatic heterocycles. The molecule has 1 saturated heterocycles. The predicted octanol–water partition coefficient (Wildman–Crippen LogP) is 3.32. The molecule has 0 radical (unpaired) electrons. The van der Waals surface area contributed by atoms with E-state index in [1.165, 1.54) is 18.4 Å². The number of halogens is 1. The third kappa shape index (κ3) is 3.68. The van der Waals surface area contributed by atoms with Crippen LogP contribution >= 0.6 is 22.9 Å². The van der Waals surface area contributed by atoms with Crippen LogP contribution in [0.5, 0.6) is 0 Å². The molecule has 7 nitrogen and oxygen atoms in total. The summed E-state index contributed by atoms with van der Waals surface area (Å²) in [6.07, 6.45) is 2.15. The van der Waals surface area contributed by atoms with Crippen molar-refractivity contribution in [3.8, 4) is 0 Å². The monoisotopic (exact) mass is 449 g/mol. The molecule has 9 heteroatoms. The smallest absolute Gasteiger partial charge is 0.409 e. The number of ether oxygens (including phenoxy) is 1. The maximum atomic E-state index is 13.2. The molecule has 1 aromatic carbocycles. The Kier molecular flexibility index (Phi) is 5.28. The van der Waals surface area contributed by atoms with Crippen molar-refractivity contribution in [2.45, 2.75) is 37.7 Å². The number of amides is 2. The van der Waals surface area contributed by atoms with Crippen molar-refractivity contribution in [2.75, 3.05) is 31.6 Å². The Morgan fingerprint density at radius 3 is 2.80 bits per heavy atom. The van der Waals surface area contributed by atoms with Gasteiger partial charge >= 0.3 is 6.09 Å². The topological polar surface area (TPSA) is 83.0 Å². The molecule has 2 amide bonds. The second-order valence-electron chi connectivity index (χ2n) is 8.42. The van der Waals surface area contributed by atoms with Crippen molar-refractivity contribution >= 4 is 40.6 Å². The Balaban J connectivity index is 1.60. The number of likely N-dealkylation sites (tertiary alicyclic amines) is 1. The first-order valence-corrected chi connectivity index (χ1v) is 10.9. The number of rotatable bonds is 3. The van der Waals surface area contributed by atoms with Gasteiger partial charge in [0.2, 0.25) is 5.91 Å². The SMILES string of the molecule is COC(=O)N1CCC2(C1)CN(C(=O)Cc1ncc(C(C)(C)O)s1)c1ccc(Cl)cc12. The largest absolute Gasteiger partial charge is 0.453 e. The molecule has 160 valence electrons. The summed E-state index contributed by atoms with van der Waals surface area (Å²) in [5, 5.41) is 11.4. The third-order valence-corrected chi connectivity index (χ3v) is 7.37. The van der Waals surface area contributed by atoms with E-state index in [2.05, 4.69) is 4.98 Å². The summed E-state index contributed by atoms with van der Waals surface area (Å²) in [4.78, 5) is 33.8. The molecular weight excluding hydrogens is 426 g/mol. The maximum Gasteiger partial charge on any atom is 0.409 e. The molecule has 1 unspecified atom stereocenters. The lowest BCUT2D eigenvalue weighted by molar-refractivity contribution is -0.118. The number of carbonyl (C=O) groups excluding carboxylic acids is 2. The number of benzene rings is 1. The van der Waals surface area contributed by atoms with E-state index < -0.39 is 5.60 Å². The Hall–Kier alpha value is -2.16.